The number of aliphatic hydroxyl groups is 1. The van der Waals surface area contributed by atoms with Crippen LogP contribution in [-0.4, -0.2) is 59.3 Å². The highest BCUT2D eigenvalue weighted by molar-refractivity contribution is 5.44. The lowest BCUT2D eigenvalue weighted by Crippen LogP contribution is -2.40. The smallest absolute Gasteiger partial charge is 0.227 e. The highest BCUT2D eigenvalue weighted by Gasteiger charge is 2.25. The zero-order valence-corrected chi connectivity index (χ0v) is 19.8. The summed E-state index contributed by atoms with van der Waals surface area (Å²) in [5.74, 6) is 2.06. The molecule has 3 aromatic rings. The summed E-state index contributed by atoms with van der Waals surface area (Å²) < 4.78 is 18.8. The summed E-state index contributed by atoms with van der Waals surface area (Å²) >= 11 is 0. The van der Waals surface area contributed by atoms with Crippen LogP contribution in [0.3, 0.4) is 0 Å². The van der Waals surface area contributed by atoms with Crippen molar-refractivity contribution in [1.29, 1.82) is 0 Å². The summed E-state index contributed by atoms with van der Waals surface area (Å²) in [5, 5.41) is 15.4. The molecule has 0 bridgehead atoms. The molecule has 2 aromatic carbocycles. The number of rotatable bonds is 12. The summed E-state index contributed by atoms with van der Waals surface area (Å²) in [6.07, 6.45) is 1.56. The van der Waals surface area contributed by atoms with Crippen molar-refractivity contribution in [3.63, 3.8) is 0 Å². The molecule has 3 rings (SSSR count). The standard InChI is InChI=1S/C26H33N3O4/c1-6-26(3,30)19-28(16-17-31-4)18-24-20(2)27-29(21-10-8-7-9-11-21)25(24)33-23-14-12-22(32-5)13-15-23/h6-15,30H,1,16-19H2,2-5H3/t26-/m0/s1. The molecule has 33 heavy (non-hydrogen) atoms. The van der Waals surface area contributed by atoms with Gasteiger partial charge in [0.1, 0.15) is 11.5 Å². The number of benzene rings is 2. The van der Waals surface area contributed by atoms with Crippen LogP contribution in [0.5, 0.6) is 17.4 Å². The predicted molar refractivity (Wildman–Crippen MR) is 129 cm³/mol. The molecule has 0 aliphatic rings. The Morgan fingerprint density at radius 1 is 1.09 bits per heavy atom. The van der Waals surface area contributed by atoms with Crippen molar-refractivity contribution in [1.82, 2.24) is 14.7 Å². The molecule has 0 amide bonds. The molecule has 0 saturated carbocycles. The van der Waals surface area contributed by atoms with Crippen molar-refractivity contribution < 1.29 is 19.3 Å². The van der Waals surface area contributed by atoms with E-state index in [1.54, 1.807) is 27.2 Å². The van der Waals surface area contributed by atoms with Gasteiger partial charge in [0.2, 0.25) is 5.88 Å². The average Bonchev–Trinajstić information content (AvgIpc) is 3.13. The molecule has 1 aromatic heterocycles. The fourth-order valence-corrected chi connectivity index (χ4v) is 3.50. The summed E-state index contributed by atoms with van der Waals surface area (Å²) in [7, 11) is 3.30. The number of hydrogen-bond acceptors (Lipinski definition) is 6. The van der Waals surface area contributed by atoms with Gasteiger partial charge in [-0.2, -0.15) is 5.10 Å². The Balaban J connectivity index is 2.01. The van der Waals surface area contributed by atoms with Crippen LogP contribution in [0.15, 0.2) is 67.3 Å². The topological polar surface area (TPSA) is 69.0 Å². The minimum absolute atomic E-state index is 0.401. The Hall–Kier alpha value is -3.13. The number of ether oxygens (including phenoxy) is 3. The summed E-state index contributed by atoms with van der Waals surface area (Å²) in [6.45, 7) is 9.57. The van der Waals surface area contributed by atoms with Crippen LogP contribution in [-0.2, 0) is 11.3 Å². The minimum atomic E-state index is -1.03. The molecule has 0 aliphatic carbocycles. The highest BCUT2D eigenvalue weighted by Crippen LogP contribution is 2.32. The van der Waals surface area contributed by atoms with Gasteiger partial charge in [0, 0.05) is 26.7 Å². The number of aryl methyl sites for hydroxylation is 1. The average molecular weight is 452 g/mol. The van der Waals surface area contributed by atoms with Gasteiger partial charge in [-0.25, -0.2) is 4.68 Å². The molecule has 0 fully saturated rings. The van der Waals surface area contributed by atoms with Gasteiger partial charge in [0.15, 0.2) is 0 Å². The van der Waals surface area contributed by atoms with Crippen molar-refractivity contribution in [2.45, 2.75) is 26.0 Å². The second-order valence-electron chi connectivity index (χ2n) is 8.16. The number of hydrogen-bond donors (Lipinski definition) is 1. The quantitative estimate of drug-likeness (QED) is 0.413. The van der Waals surface area contributed by atoms with Crippen molar-refractivity contribution in [3.05, 3.63) is 78.5 Å². The first kappa shape index (κ1) is 24.5. The molecule has 0 spiro atoms. The number of methoxy groups -OCH3 is 2. The molecule has 176 valence electrons. The molecule has 7 nitrogen and oxygen atoms in total. The maximum absolute atomic E-state index is 10.6. The van der Waals surface area contributed by atoms with Crippen LogP contribution in [0, 0.1) is 6.92 Å². The van der Waals surface area contributed by atoms with Gasteiger partial charge in [0.25, 0.3) is 0 Å². The van der Waals surface area contributed by atoms with Crippen molar-refractivity contribution in [2.75, 3.05) is 33.9 Å². The largest absolute Gasteiger partial charge is 0.497 e. The number of aromatic nitrogens is 2. The Morgan fingerprint density at radius 2 is 1.76 bits per heavy atom. The van der Waals surface area contributed by atoms with E-state index in [-0.39, 0.29) is 0 Å². The maximum Gasteiger partial charge on any atom is 0.227 e. The van der Waals surface area contributed by atoms with Gasteiger partial charge in [-0.05, 0) is 50.2 Å². The maximum atomic E-state index is 10.6. The molecule has 0 unspecified atom stereocenters. The summed E-state index contributed by atoms with van der Waals surface area (Å²) in [5.41, 5.74) is 1.65. The molecule has 0 aliphatic heterocycles. The third-order valence-corrected chi connectivity index (χ3v) is 5.39. The van der Waals surface area contributed by atoms with Crippen LogP contribution < -0.4 is 9.47 Å². The van der Waals surface area contributed by atoms with E-state index in [4.69, 9.17) is 19.3 Å². The third-order valence-electron chi connectivity index (χ3n) is 5.39. The van der Waals surface area contributed by atoms with E-state index in [9.17, 15) is 5.11 Å². The highest BCUT2D eigenvalue weighted by atomic mass is 16.5. The Bertz CT molecular complexity index is 1030. The lowest BCUT2D eigenvalue weighted by molar-refractivity contribution is 0.0462. The van der Waals surface area contributed by atoms with Crippen LogP contribution >= 0.6 is 0 Å². The lowest BCUT2D eigenvalue weighted by atomic mass is 10.1. The van der Waals surface area contributed by atoms with Gasteiger partial charge in [-0.3, -0.25) is 4.90 Å². The third kappa shape index (κ3) is 6.44. The zero-order valence-electron chi connectivity index (χ0n) is 19.8. The molecule has 7 heteroatoms. The van der Waals surface area contributed by atoms with Gasteiger partial charge in [-0.1, -0.05) is 24.3 Å². The Kier molecular flexibility index (Phi) is 8.27. The van der Waals surface area contributed by atoms with Crippen molar-refractivity contribution >= 4 is 0 Å². The number of para-hydroxylation sites is 1. The monoisotopic (exact) mass is 451 g/mol. The van der Waals surface area contributed by atoms with E-state index >= 15 is 0 Å². The lowest BCUT2D eigenvalue weighted by Gasteiger charge is -2.29. The second-order valence-corrected chi connectivity index (χ2v) is 8.16. The number of nitrogens with zero attached hydrogens (tertiary/aromatic N) is 3. The molecular weight excluding hydrogens is 418 g/mol. The van der Waals surface area contributed by atoms with Gasteiger partial charge in [-0.15, -0.1) is 6.58 Å². The Morgan fingerprint density at radius 3 is 2.36 bits per heavy atom. The molecule has 1 atom stereocenters. The first-order chi connectivity index (χ1) is 15.9. The van der Waals surface area contributed by atoms with E-state index in [1.807, 2.05) is 66.2 Å². The summed E-state index contributed by atoms with van der Waals surface area (Å²) in [6, 6.07) is 17.3. The fourth-order valence-electron chi connectivity index (χ4n) is 3.50. The zero-order chi connectivity index (χ0) is 23.8. The van der Waals surface area contributed by atoms with Crippen molar-refractivity contribution in [3.8, 4) is 23.1 Å². The van der Waals surface area contributed by atoms with Gasteiger partial charge in [0.05, 0.1) is 36.3 Å². The van der Waals surface area contributed by atoms with Crippen LogP contribution in [0.1, 0.15) is 18.2 Å². The van der Waals surface area contributed by atoms with Gasteiger partial charge < -0.3 is 19.3 Å². The second kappa shape index (κ2) is 11.1. The first-order valence-electron chi connectivity index (χ1n) is 10.9. The molecule has 1 heterocycles. The van der Waals surface area contributed by atoms with Crippen molar-refractivity contribution in [2.24, 2.45) is 0 Å². The van der Waals surface area contributed by atoms with Crippen LogP contribution in [0.4, 0.5) is 0 Å². The first-order valence-corrected chi connectivity index (χ1v) is 10.9. The SMILES string of the molecule is C=C[C@](C)(O)CN(CCOC)Cc1c(C)nn(-c2ccccc2)c1Oc1ccc(OC)cc1. The molecule has 0 radical (unpaired) electrons. The minimum Gasteiger partial charge on any atom is -0.497 e. The van der Waals surface area contributed by atoms with Gasteiger partial charge >= 0.3 is 0 Å². The van der Waals surface area contributed by atoms with Crippen LogP contribution in [0.2, 0.25) is 0 Å². The normalized spacial score (nSPS) is 13.0. The summed E-state index contributed by atoms with van der Waals surface area (Å²) in [4.78, 5) is 2.12. The predicted octanol–water partition coefficient (Wildman–Crippen LogP) is 4.37. The fraction of sp³-hybridized carbons (Fsp3) is 0.346. The Labute approximate surface area is 195 Å². The van der Waals surface area contributed by atoms with E-state index in [1.165, 1.54) is 0 Å². The molecular formula is C26H33N3O4. The van der Waals surface area contributed by atoms with E-state index < -0.39 is 5.60 Å². The molecule has 1 N–H and O–H groups in total. The van der Waals surface area contributed by atoms with E-state index in [2.05, 4.69) is 11.5 Å². The van der Waals surface area contributed by atoms with Crippen LogP contribution in [0.25, 0.3) is 5.69 Å². The molecule has 0 saturated heterocycles. The van der Waals surface area contributed by atoms with E-state index in [0.717, 1.165) is 22.7 Å². The van der Waals surface area contributed by atoms with E-state index in [0.29, 0.717) is 37.9 Å².